The second kappa shape index (κ2) is 4.96. The molecule has 3 aromatic rings. The number of hydrazone groups is 1. The van der Waals surface area contributed by atoms with Gasteiger partial charge in [0.25, 0.3) is 0 Å². The van der Waals surface area contributed by atoms with Crippen LogP contribution in [0.3, 0.4) is 0 Å². The third-order valence-corrected chi connectivity index (χ3v) is 2.76. The maximum absolute atomic E-state index is 12.0. The first-order chi connectivity index (χ1) is 9.75. The topological polar surface area (TPSA) is 85.3 Å². The second-order valence-corrected chi connectivity index (χ2v) is 4.06. The van der Waals surface area contributed by atoms with Crippen molar-refractivity contribution < 1.29 is 9.21 Å². The lowest BCUT2D eigenvalue weighted by Crippen LogP contribution is -2.21. The number of fused-ring (bicyclic) bond motifs is 1. The first-order valence-electron chi connectivity index (χ1n) is 5.90. The lowest BCUT2D eigenvalue weighted by Gasteiger charge is -1.99. The highest BCUT2D eigenvalue weighted by atomic mass is 16.3. The average Bonchev–Trinajstić information content (AvgIpc) is 3.08. The van der Waals surface area contributed by atoms with E-state index in [1.54, 1.807) is 36.0 Å². The third-order valence-electron chi connectivity index (χ3n) is 2.76. The predicted molar refractivity (Wildman–Crippen MR) is 72.3 cm³/mol. The van der Waals surface area contributed by atoms with Crippen LogP contribution in [0.5, 0.6) is 0 Å². The summed E-state index contributed by atoms with van der Waals surface area (Å²) in [6, 6.07) is 7.11. The van der Waals surface area contributed by atoms with Gasteiger partial charge in [0.15, 0.2) is 5.65 Å². The summed E-state index contributed by atoms with van der Waals surface area (Å²) in [5, 5.41) is 3.81. The summed E-state index contributed by atoms with van der Waals surface area (Å²) in [5.74, 6) is 0.389. The first kappa shape index (κ1) is 12.1. The maximum Gasteiger partial charge on any atom is 0.307 e. The Hall–Kier alpha value is -2.96. The molecule has 0 aromatic carbocycles. The van der Waals surface area contributed by atoms with Crippen molar-refractivity contribution in [2.24, 2.45) is 12.1 Å². The molecule has 3 rings (SSSR count). The molecule has 0 bridgehead atoms. The van der Waals surface area contributed by atoms with Gasteiger partial charge in [0.05, 0.1) is 18.0 Å². The van der Waals surface area contributed by atoms with E-state index in [1.807, 2.05) is 6.07 Å². The summed E-state index contributed by atoms with van der Waals surface area (Å²) in [4.78, 5) is 20.3. The van der Waals surface area contributed by atoms with E-state index >= 15 is 0 Å². The molecule has 0 aliphatic carbocycles. The van der Waals surface area contributed by atoms with Gasteiger partial charge in [0, 0.05) is 13.2 Å². The number of furan rings is 1. The number of nitrogens with one attached hydrogen (secondary N) is 1. The van der Waals surface area contributed by atoms with Crippen molar-refractivity contribution in [2.45, 2.75) is 0 Å². The molecular formula is C13H11N5O2. The van der Waals surface area contributed by atoms with Gasteiger partial charge >= 0.3 is 5.91 Å². The van der Waals surface area contributed by atoms with Gasteiger partial charge in [-0.3, -0.25) is 4.79 Å². The summed E-state index contributed by atoms with van der Waals surface area (Å²) in [6.45, 7) is 0. The Morgan fingerprint density at radius 3 is 3.10 bits per heavy atom. The van der Waals surface area contributed by atoms with Crippen molar-refractivity contribution in [1.29, 1.82) is 0 Å². The molecule has 0 unspecified atom stereocenters. The number of hydrogen-bond acceptors (Lipinski definition) is 5. The minimum atomic E-state index is -0.409. The number of nitrogens with zero attached hydrogens (tertiary/aromatic N) is 4. The number of carbonyl (C=O) groups is 1. The smallest absolute Gasteiger partial charge is 0.307 e. The molecule has 0 saturated heterocycles. The molecule has 0 aliphatic rings. The molecule has 100 valence electrons. The minimum Gasteiger partial charge on any atom is -0.463 e. The predicted octanol–water partition coefficient (Wildman–Crippen LogP) is 1.33. The Kier molecular flexibility index (Phi) is 3.00. The van der Waals surface area contributed by atoms with Crippen LogP contribution in [0.4, 0.5) is 0 Å². The average molecular weight is 269 g/mol. The Balaban J connectivity index is 1.80. The molecule has 0 spiro atoms. The van der Waals surface area contributed by atoms with Crippen LogP contribution < -0.4 is 5.43 Å². The molecule has 20 heavy (non-hydrogen) atoms. The highest BCUT2D eigenvalue weighted by Crippen LogP contribution is 2.11. The van der Waals surface area contributed by atoms with Crippen molar-refractivity contribution >= 4 is 23.3 Å². The molecule has 0 atom stereocenters. The zero-order valence-electron chi connectivity index (χ0n) is 10.6. The van der Waals surface area contributed by atoms with Crippen LogP contribution in [0.15, 0.2) is 46.2 Å². The van der Waals surface area contributed by atoms with E-state index < -0.39 is 5.91 Å². The van der Waals surface area contributed by atoms with E-state index in [1.165, 1.54) is 12.5 Å². The van der Waals surface area contributed by atoms with E-state index in [0.717, 1.165) is 5.52 Å². The number of amides is 1. The molecule has 0 saturated carbocycles. The van der Waals surface area contributed by atoms with Crippen LogP contribution in [0.25, 0.3) is 11.2 Å². The molecule has 7 heteroatoms. The van der Waals surface area contributed by atoms with E-state index in [9.17, 15) is 4.79 Å². The fraction of sp³-hybridized carbons (Fsp3) is 0.0769. The second-order valence-electron chi connectivity index (χ2n) is 4.06. The largest absolute Gasteiger partial charge is 0.463 e. The Bertz CT molecular complexity index is 773. The van der Waals surface area contributed by atoms with Gasteiger partial charge < -0.3 is 8.98 Å². The van der Waals surface area contributed by atoms with Gasteiger partial charge in [0.2, 0.25) is 5.82 Å². The minimum absolute atomic E-state index is 0.246. The lowest BCUT2D eigenvalue weighted by molar-refractivity contribution is 0.0942. The van der Waals surface area contributed by atoms with Gasteiger partial charge in [0.1, 0.15) is 5.76 Å². The van der Waals surface area contributed by atoms with Gasteiger partial charge in [-0.1, -0.05) is 0 Å². The maximum atomic E-state index is 12.0. The van der Waals surface area contributed by atoms with Crippen molar-refractivity contribution in [1.82, 2.24) is 20.0 Å². The van der Waals surface area contributed by atoms with E-state index in [2.05, 4.69) is 20.5 Å². The van der Waals surface area contributed by atoms with Crippen LogP contribution in [-0.4, -0.2) is 26.7 Å². The van der Waals surface area contributed by atoms with Gasteiger partial charge in [-0.2, -0.15) is 5.10 Å². The summed E-state index contributed by atoms with van der Waals surface area (Å²) in [5.41, 5.74) is 3.71. The van der Waals surface area contributed by atoms with Crippen LogP contribution in [-0.2, 0) is 7.05 Å². The monoisotopic (exact) mass is 269 g/mol. The summed E-state index contributed by atoms with van der Waals surface area (Å²) in [6.07, 6.45) is 4.57. The van der Waals surface area contributed by atoms with E-state index in [4.69, 9.17) is 4.42 Å². The Morgan fingerprint density at radius 1 is 1.45 bits per heavy atom. The summed E-state index contributed by atoms with van der Waals surface area (Å²) >= 11 is 0. The number of hydrogen-bond donors (Lipinski definition) is 1. The van der Waals surface area contributed by atoms with Crippen LogP contribution >= 0.6 is 0 Å². The van der Waals surface area contributed by atoms with Crippen molar-refractivity contribution in [3.63, 3.8) is 0 Å². The molecule has 1 amide bonds. The zero-order valence-corrected chi connectivity index (χ0v) is 10.6. The number of imidazole rings is 1. The van der Waals surface area contributed by atoms with Crippen LogP contribution in [0.2, 0.25) is 0 Å². The fourth-order valence-corrected chi connectivity index (χ4v) is 1.80. The molecule has 0 radical (unpaired) electrons. The quantitative estimate of drug-likeness (QED) is 0.574. The number of aryl methyl sites for hydroxylation is 1. The highest BCUT2D eigenvalue weighted by Gasteiger charge is 2.14. The van der Waals surface area contributed by atoms with Gasteiger partial charge in [-0.05, 0) is 24.3 Å². The van der Waals surface area contributed by atoms with E-state index in [0.29, 0.717) is 11.4 Å². The van der Waals surface area contributed by atoms with E-state index in [-0.39, 0.29) is 5.82 Å². The number of aromatic nitrogens is 3. The molecule has 1 N–H and O–H groups in total. The standard InChI is InChI=1S/C13H11N5O2/c1-18-10-5-2-6-14-11(10)16-12(18)13(19)17-15-8-9-4-3-7-20-9/h2-8H,1H3,(H,17,19)/b15-8-. The van der Waals surface area contributed by atoms with Crippen LogP contribution in [0, 0.1) is 0 Å². The van der Waals surface area contributed by atoms with Gasteiger partial charge in [-0.25, -0.2) is 15.4 Å². The SMILES string of the molecule is Cn1c(C(=O)N/N=C\c2ccco2)nc2ncccc21. The first-order valence-corrected chi connectivity index (χ1v) is 5.90. The third kappa shape index (κ3) is 2.16. The highest BCUT2D eigenvalue weighted by molar-refractivity contribution is 5.94. The number of pyridine rings is 1. The van der Waals surface area contributed by atoms with Crippen molar-refractivity contribution in [3.05, 3.63) is 48.3 Å². The Morgan fingerprint density at radius 2 is 2.35 bits per heavy atom. The molecule has 3 heterocycles. The molecular weight excluding hydrogens is 258 g/mol. The number of carbonyl (C=O) groups excluding carboxylic acids is 1. The van der Waals surface area contributed by atoms with Crippen molar-refractivity contribution in [2.75, 3.05) is 0 Å². The van der Waals surface area contributed by atoms with Gasteiger partial charge in [-0.15, -0.1) is 0 Å². The van der Waals surface area contributed by atoms with Crippen LogP contribution in [0.1, 0.15) is 16.4 Å². The number of rotatable bonds is 3. The molecule has 0 aliphatic heterocycles. The lowest BCUT2D eigenvalue weighted by atomic mass is 10.4. The molecule has 3 aromatic heterocycles. The normalized spacial score (nSPS) is 11.2. The summed E-state index contributed by atoms with van der Waals surface area (Å²) < 4.78 is 6.73. The Labute approximate surface area is 113 Å². The zero-order chi connectivity index (χ0) is 13.9. The summed E-state index contributed by atoms with van der Waals surface area (Å²) in [7, 11) is 1.75. The molecule has 7 nitrogen and oxygen atoms in total. The van der Waals surface area contributed by atoms with Crippen molar-refractivity contribution in [3.8, 4) is 0 Å². The fourth-order valence-electron chi connectivity index (χ4n) is 1.80. The molecule has 0 fully saturated rings.